The molecule has 0 bridgehead atoms. The number of benzene rings is 1. The van der Waals surface area contributed by atoms with Crippen LogP contribution in [0.2, 0.25) is 0 Å². The Morgan fingerprint density at radius 3 is 2.45 bits per heavy atom. The zero-order valence-electron chi connectivity index (χ0n) is 12.6. The van der Waals surface area contributed by atoms with E-state index in [0.717, 1.165) is 5.69 Å². The quantitative estimate of drug-likeness (QED) is 0.794. The van der Waals surface area contributed by atoms with Crippen molar-refractivity contribution in [3.63, 3.8) is 0 Å². The third kappa shape index (κ3) is 4.82. The minimum absolute atomic E-state index is 0.0520. The first-order valence-electron chi connectivity index (χ1n) is 7.60. The number of hydrogen-bond donors (Lipinski definition) is 2. The number of nitrogens with two attached hydrogens (primary N) is 1. The largest absolute Gasteiger partial charge is 0.393 e. The van der Waals surface area contributed by atoms with Gasteiger partial charge >= 0.3 is 0 Å². The summed E-state index contributed by atoms with van der Waals surface area (Å²) in [4.78, 5) is 27.2. The molecular formula is C16H23N3O3. The molecule has 0 spiro atoms. The van der Waals surface area contributed by atoms with E-state index in [9.17, 15) is 14.7 Å². The Bertz CT molecular complexity index is 499. The number of aliphatic hydroxyl groups is 1. The number of likely N-dealkylation sites (tertiary alicyclic amines) is 1. The summed E-state index contributed by atoms with van der Waals surface area (Å²) in [6.45, 7) is 2.01. The van der Waals surface area contributed by atoms with Crippen LogP contribution < -0.4 is 10.6 Å². The highest BCUT2D eigenvalue weighted by Crippen LogP contribution is 2.16. The van der Waals surface area contributed by atoms with Crippen LogP contribution in [-0.2, 0) is 9.59 Å². The maximum Gasteiger partial charge on any atom is 0.241 e. The third-order valence-electron chi connectivity index (χ3n) is 3.87. The number of nitrogens with zero attached hydrogens (tertiary/aromatic N) is 2. The molecule has 0 unspecified atom stereocenters. The fourth-order valence-electron chi connectivity index (χ4n) is 2.58. The van der Waals surface area contributed by atoms with Gasteiger partial charge in [-0.3, -0.25) is 14.5 Å². The van der Waals surface area contributed by atoms with Crippen molar-refractivity contribution in [2.45, 2.75) is 25.4 Å². The number of piperidine rings is 1. The Kier molecular flexibility index (Phi) is 5.91. The van der Waals surface area contributed by atoms with Crippen LogP contribution in [0.4, 0.5) is 5.69 Å². The first kappa shape index (κ1) is 16.5. The molecule has 2 amide bonds. The Balaban J connectivity index is 2.00. The average Bonchev–Trinajstić information content (AvgIpc) is 2.50. The Morgan fingerprint density at radius 1 is 1.23 bits per heavy atom. The maximum absolute atomic E-state index is 12.6. The van der Waals surface area contributed by atoms with Gasteiger partial charge in [0.05, 0.1) is 12.6 Å². The molecule has 1 aromatic rings. The molecule has 120 valence electrons. The topological polar surface area (TPSA) is 86.9 Å². The molecular weight excluding hydrogens is 282 g/mol. The summed E-state index contributed by atoms with van der Waals surface area (Å²) in [6.07, 6.45) is 1.27. The molecule has 0 aromatic heterocycles. The molecule has 0 saturated carbocycles. The molecule has 0 radical (unpaired) electrons. The van der Waals surface area contributed by atoms with Crippen LogP contribution in [-0.4, -0.2) is 54.1 Å². The summed E-state index contributed by atoms with van der Waals surface area (Å²) in [5, 5.41) is 9.52. The standard InChI is InChI=1S/C16H23N3O3/c17-15(21)8-11-19(13-4-2-1-3-5-13)16(22)12-18-9-6-14(20)7-10-18/h1-5,14,20H,6-12H2,(H2,17,21). The second kappa shape index (κ2) is 7.91. The van der Waals surface area contributed by atoms with Crippen LogP contribution >= 0.6 is 0 Å². The number of amides is 2. The predicted octanol–water partition coefficient (Wildman–Crippen LogP) is 0.352. The van der Waals surface area contributed by atoms with E-state index in [-0.39, 0.29) is 25.0 Å². The van der Waals surface area contributed by atoms with E-state index in [1.165, 1.54) is 0 Å². The molecule has 22 heavy (non-hydrogen) atoms. The molecule has 6 heteroatoms. The van der Waals surface area contributed by atoms with Gasteiger partial charge in [0.15, 0.2) is 0 Å². The van der Waals surface area contributed by atoms with Gasteiger partial charge < -0.3 is 15.7 Å². The second-order valence-corrected chi connectivity index (χ2v) is 5.60. The van der Waals surface area contributed by atoms with Gasteiger partial charge in [0.25, 0.3) is 0 Å². The third-order valence-corrected chi connectivity index (χ3v) is 3.87. The van der Waals surface area contributed by atoms with Gasteiger partial charge in [-0.25, -0.2) is 0 Å². The van der Waals surface area contributed by atoms with E-state index in [1.54, 1.807) is 4.90 Å². The monoisotopic (exact) mass is 305 g/mol. The van der Waals surface area contributed by atoms with Gasteiger partial charge in [0, 0.05) is 31.7 Å². The molecule has 0 atom stereocenters. The van der Waals surface area contributed by atoms with Crippen molar-refractivity contribution in [1.82, 2.24) is 4.90 Å². The fourth-order valence-corrected chi connectivity index (χ4v) is 2.58. The molecule has 1 heterocycles. The minimum atomic E-state index is -0.421. The number of aliphatic hydroxyl groups excluding tert-OH is 1. The van der Waals surface area contributed by atoms with Crippen molar-refractivity contribution in [2.75, 3.05) is 31.1 Å². The zero-order chi connectivity index (χ0) is 15.9. The van der Waals surface area contributed by atoms with Gasteiger partial charge in [-0.2, -0.15) is 0 Å². The molecule has 1 aliphatic rings. The van der Waals surface area contributed by atoms with Crippen molar-refractivity contribution in [1.29, 1.82) is 0 Å². The number of primary amides is 1. The lowest BCUT2D eigenvalue weighted by Crippen LogP contribution is -2.45. The summed E-state index contributed by atoms with van der Waals surface area (Å²) in [5.41, 5.74) is 5.97. The van der Waals surface area contributed by atoms with E-state index in [4.69, 9.17) is 5.73 Å². The summed E-state index contributed by atoms with van der Waals surface area (Å²) in [7, 11) is 0. The van der Waals surface area contributed by atoms with Crippen LogP contribution in [0.15, 0.2) is 30.3 Å². The minimum Gasteiger partial charge on any atom is -0.393 e. The molecule has 2 rings (SSSR count). The molecule has 3 N–H and O–H groups in total. The smallest absolute Gasteiger partial charge is 0.241 e. The van der Waals surface area contributed by atoms with Crippen molar-refractivity contribution >= 4 is 17.5 Å². The Morgan fingerprint density at radius 2 is 1.86 bits per heavy atom. The van der Waals surface area contributed by atoms with Crippen molar-refractivity contribution in [3.8, 4) is 0 Å². The summed E-state index contributed by atoms with van der Waals surface area (Å²) in [5.74, 6) is -0.473. The van der Waals surface area contributed by atoms with Crippen LogP contribution in [0.3, 0.4) is 0 Å². The normalized spacial score (nSPS) is 16.4. The van der Waals surface area contributed by atoms with Gasteiger partial charge in [0.2, 0.25) is 11.8 Å². The molecule has 6 nitrogen and oxygen atoms in total. The van der Waals surface area contributed by atoms with Crippen molar-refractivity contribution in [2.24, 2.45) is 5.73 Å². The zero-order valence-corrected chi connectivity index (χ0v) is 12.6. The maximum atomic E-state index is 12.6. The highest BCUT2D eigenvalue weighted by molar-refractivity contribution is 5.95. The lowest BCUT2D eigenvalue weighted by atomic mass is 10.1. The molecule has 1 aromatic carbocycles. The van der Waals surface area contributed by atoms with E-state index >= 15 is 0 Å². The fraction of sp³-hybridized carbons (Fsp3) is 0.500. The average molecular weight is 305 g/mol. The van der Waals surface area contributed by atoms with Crippen LogP contribution in [0.1, 0.15) is 19.3 Å². The molecule has 1 saturated heterocycles. The van der Waals surface area contributed by atoms with E-state index in [2.05, 4.69) is 0 Å². The Hall–Kier alpha value is -1.92. The summed E-state index contributed by atoms with van der Waals surface area (Å²) < 4.78 is 0. The number of carbonyl (C=O) groups is 2. The number of anilines is 1. The molecule has 1 aliphatic heterocycles. The number of hydrogen-bond acceptors (Lipinski definition) is 4. The van der Waals surface area contributed by atoms with Crippen molar-refractivity contribution < 1.29 is 14.7 Å². The first-order valence-corrected chi connectivity index (χ1v) is 7.60. The van der Waals surface area contributed by atoms with E-state index < -0.39 is 5.91 Å². The number of carbonyl (C=O) groups excluding carboxylic acids is 2. The van der Waals surface area contributed by atoms with Crippen LogP contribution in [0, 0.1) is 0 Å². The highest BCUT2D eigenvalue weighted by Gasteiger charge is 2.22. The number of para-hydroxylation sites is 1. The van der Waals surface area contributed by atoms with Crippen molar-refractivity contribution in [3.05, 3.63) is 30.3 Å². The predicted molar refractivity (Wildman–Crippen MR) is 84.3 cm³/mol. The number of rotatable bonds is 6. The van der Waals surface area contributed by atoms with Gasteiger partial charge in [-0.15, -0.1) is 0 Å². The molecule has 1 fully saturated rings. The second-order valence-electron chi connectivity index (χ2n) is 5.60. The Labute approximate surface area is 130 Å². The van der Waals surface area contributed by atoms with Crippen LogP contribution in [0.25, 0.3) is 0 Å². The molecule has 0 aliphatic carbocycles. The van der Waals surface area contributed by atoms with Crippen LogP contribution in [0.5, 0.6) is 0 Å². The lowest BCUT2D eigenvalue weighted by molar-refractivity contribution is -0.120. The van der Waals surface area contributed by atoms with Gasteiger partial charge in [-0.05, 0) is 25.0 Å². The lowest BCUT2D eigenvalue weighted by Gasteiger charge is -2.31. The SMILES string of the molecule is NC(=O)CCN(C(=O)CN1CCC(O)CC1)c1ccccc1. The van der Waals surface area contributed by atoms with Gasteiger partial charge in [0.1, 0.15) is 0 Å². The van der Waals surface area contributed by atoms with E-state index in [1.807, 2.05) is 35.2 Å². The summed E-state index contributed by atoms with van der Waals surface area (Å²) >= 11 is 0. The van der Waals surface area contributed by atoms with Gasteiger partial charge in [-0.1, -0.05) is 18.2 Å². The highest BCUT2D eigenvalue weighted by atomic mass is 16.3. The first-order chi connectivity index (χ1) is 10.6. The van der Waals surface area contributed by atoms with E-state index in [0.29, 0.717) is 32.5 Å². The summed E-state index contributed by atoms with van der Waals surface area (Å²) in [6, 6.07) is 9.29.